The maximum atomic E-state index is 5.39. The molecule has 3 aromatic rings. The summed E-state index contributed by atoms with van der Waals surface area (Å²) in [5.74, 6) is 0. The monoisotopic (exact) mass is 320 g/mol. The average Bonchev–Trinajstić information content (AvgIpc) is 3.18. The van der Waals surface area contributed by atoms with Crippen LogP contribution in [0.1, 0.15) is 5.56 Å². The number of nitrogens with zero attached hydrogens (tertiary/aromatic N) is 4. The van der Waals surface area contributed by atoms with Crippen molar-refractivity contribution in [2.45, 2.75) is 6.54 Å². The van der Waals surface area contributed by atoms with Crippen molar-refractivity contribution in [1.29, 1.82) is 0 Å². The minimum absolute atomic E-state index is 0.827. The lowest BCUT2D eigenvalue weighted by molar-refractivity contribution is 0.0341. The van der Waals surface area contributed by atoms with Gasteiger partial charge in [0.25, 0.3) is 0 Å². The minimum atomic E-state index is 0.827. The molecule has 0 saturated carbocycles. The van der Waals surface area contributed by atoms with Gasteiger partial charge in [-0.15, -0.1) is 0 Å². The second kappa shape index (κ2) is 6.95. The van der Waals surface area contributed by atoms with Crippen molar-refractivity contribution < 1.29 is 4.74 Å². The zero-order valence-electron chi connectivity index (χ0n) is 13.5. The molecule has 1 fully saturated rings. The molecule has 1 saturated heterocycles. The highest BCUT2D eigenvalue weighted by Crippen LogP contribution is 2.19. The number of hydrogen-bond donors (Lipinski definition) is 0. The molecule has 5 nitrogen and oxygen atoms in total. The molecular formula is C19H20N4O. The van der Waals surface area contributed by atoms with Crippen LogP contribution in [0.3, 0.4) is 0 Å². The van der Waals surface area contributed by atoms with E-state index in [0.717, 1.165) is 49.8 Å². The van der Waals surface area contributed by atoms with Crippen molar-refractivity contribution in [2.75, 3.05) is 26.3 Å². The number of rotatable bonds is 4. The third-order valence-corrected chi connectivity index (χ3v) is 4.27. The second-order valence-corrected chi connectivity index (χ2v) is 5.94. The van der Waals surface area contributed by atoms with Crippen LogP contribution >= 0.6 is 0 Å². The summed E-state index contributed by atoms with van der Waals surface area (Å²) in [4.78, 5) is 7.03. The molecule has 24 heavy (non-hydrogen) atoms. The summed E-state index contributed by atoms with van der Waals surface area (Å²) < 4.78 is 7.24. The van der Waals surface area contributed by atoms with Gasteiger partial charge in [0.05, 0.1) is 24.6 Å². The van der Waals surface area contributed by atoms with Crippen molar-refractivity contribution in [3.63, 3.8) is 0 Å². The Bertz CT molecular complexity index is 760. The molecule has 1 aliphatic heterocycles. The van der Waals surface area contributed by atoms with E-state index in [0.29, 0.717) is 0 Å². The fourth-order valence-corrected chi connectivity index (χ4v) is 2.91. The lowest BCUT2D eigenvalue weighted by atomic mass is 10.1. The standard InChI is InChI=1S/C19H20N4O/c1-8-21-23(9-1)18-5-3-17(4-6-18)19-7-2-16(14-20-19)15-22-10-12-24-13-11-22/h1-9,14H,10-13,15H2. The maximum absolute atomic E-state index is 5.39. The van der Waals surface area contributed by atoms with Gasteiger partial charge in [-0.3, -0.25) is 9.88 Å². The third-order valence-electron chi connectivity index (χ3n) is 4.27. The molecule has 1 aromatic carbocycles. The molecular weight excluding hydrogens is 300 g/mol. The van der Waals surface area contributed by atoms with Gasteiger partial charge in [-0.25, -0.2) is 4.68 Å². The van der Waals surface area contributed by atoms with Crippen LogP contribution in [0.2, 0.25) is 0 Å². The first-order chi connectivity index (χ1) is 11.9. The SMILES string of the molecule is c1cnn(-c2ccc(-c3ccc(CN4CCOCC4)cn3)cc2)c1. The first kappa shape index (κ1) is 15.1. The first-order valence-electron chi connectivity index (χ1n) is 8.24. The van der Waals surface area contributed by atoms with E-state index in [-0.39, 0.29) is 0 Å². The lowest BCUT2D eigenvalue weighted by Crippen LogP contribution is -2.35. The van der Waals surface area contributed by atoms with Gasteiger partial charge in [-0.1, -0.05) is 18.2 Å². The van der Waals surface area contributed by atoms with E-state index < -0.39 is 0 Å². The van der Waals surface area contributed by atoms with Crippen LogP contribution in [0.15, 0.2) is 61.1 Å². The summed E-state index contributed by atoms with van der Waals surface area (Å²) in [5.41, 5.74) is 4.40. The van der Waals surface area contributed by atoms with Crippen molar-refractivity contribution >= 4 is 0 Å². The Morgan fingerprint density at radius 2 is 1.83 bits per heavy atom. The largest absolute Gasteiger partial charge is 0.379 e. The number of hydrogen-bond acceptors (Lipinski definition) is 4. The molecule has 2 aromatic heterocycles. The number of pyridine rings is 1. The van der Waals surface area contributed by atoms with Crippen molar-refractivity contribution in [3.05, 3.63) is 66.6 Å². The van der Waals surface area contributed by atoms with Crippen molar-refractivity contribution in [2.24, 2.45) is 0 Å². The van der Waals surface area contributed by atoms with Crippen LogP contribution in [0.5, 0.6) is 0 Å². The Balaban J connectivity index is 1.46. The smallest absolute Gasteiger partial charge is 0.0702 e. The zero-order valence-corrected chi connectivity index (χ0v) is 13.5. The Morgan fingerprint density at radius 1 is 1.00 bits per heavy atom. The van der Waals surface area contributed by atoms with E-state index in [2.05, 4.69) is 51.4 Å². The highest BCUT2D eigenvalue weighted by Gasteiger charge is 2.11. The number of benzene rings is 1. The van der Waals surface area contributed by atoms with Crippen molar-refractivity contribution in [1.82, 2.24) is 19.7 Å². The minimum Gasteiger partial charge on any atom is -0.379 e. The van der Waals surface area contributed by atoms with Gasteiger partial charge < -0.3 is 4.74 Å². The van der Waals surface area contributed by atoms with Gasteiger partial charge in [-0.2, -0.15) is 5.10 Å². The van der Waals surface area contributed by atoms with Gasteiger partial charge in [-0.05, 0) is 29.8 Å². The zero-order chi connectivity index (χ0) is 16.2. The summed E-state index contributed by atoms with van der Waals surface area (Å²) in [6.45, 7) is 4.59. The van der Waals surface area contributed by atoms with E-state index in [1.807, 2.05) is 23.1 Å². The summed E-state index contributed by atoms with van der Waals surface area (Å²) in [5, 5.41) is 4.24. The average molecular weight is 320 g/mol. The van der Waals surface area contributed by atoms with Gasteiger partial charge in [0.2, 0.25) is 0 Å². The normalized spacial score (nSPS) is 15.5. The summed E-state index contributed by atoms with van der Waals surface area (Å²) in [6.07, 6.45) is 5.70. The van der Waals surface area contributed by atoms with Crippen LogP contribution in [-0.2, 0) is 11.3 Å². The Labute approximate surface area is 141 Å². The summed E-state index contributed by atoms with van der Waals surface area (Å²) >= 11 is 0. The Morgan fingerprint density at radius 3 is 2.50 bits per heavy atom. The topological polar surface area (TPSA) is 43.2 Å². The highest BCUT2D eigenvalue weighted by atomic mass is 16.5. The quantitative estimate of drug-likeness (QED) is 0.741. The molecule has 0 spiro atoms. The maximum Gasteiger partial charge on any atom is 0.0702 e. The lowest BCUT2D eigenvalue weighted by Gasteiger charge is -2.26. The fourth-order valence-electron chi connectivity index (χ4n) is 2.91. The van der Waals surface area contributed by atoms with Crippen LogP contribution in [0.25, 0.3) is 16.9 Å². The molecule has 0 unspecified atom stereocenters. The number of ether oxygens (including phenoxy) is 1. The van der Waals surface area contributed by atoms with E-state index in [9.17, 15) is 0 Å². The predicted molar refractivity (Wildman–Crippen MR) is 92.9 cm³/mol. The molecule has 5 heteroatoms. The van der Waals surface area contributed by atoms with Crippen molar-refractivity contribution in [3.8, 4) is 16.9 Å². The fraction of sp³-hybridized carbons (Fsp3) is 0.263. The van der Waals surface area contributed by atoms with Crippen LogP contribution < -0.4 is 0 Å². The molecule has 0 atom stereocenters. The van der Waals surface area contributed by atoms with E-state index in [4.69, 9.17) is 4.74 Å². The molecule has 0 N–H and O–H groups in total. The summed E-state index contributed by atoms with van der Waals surface area (Å²) in [7, 11) is 0. The molecule has 0 amide bonds. The first-order valence-corrected chi connectivity index (χ1v) is 8.24. The van der Waals surface area contributed by atoms with Gasteiger partial charge in [0.1, 0.15) is 0 Å². The number of morpholine rings is 1. The van der Waals surface area contributed by atoms with E-state index >= 15 is 0 Å². The molecule has 122 valence electrons. The van der Waals surface area contributed by atoms with Crippen LogP contribution in [0.4, 0.5) is 0 Å². The van der Waals surface area contributed by atoms with Gasteiger partial charge >= 0.3 is 0 Å². The van der Waals surface area contributed by atoms with Crippen LogP contribution in [-0.4, -0.2) is 46.0 Å². The summed E-state index contributed by atoms with van der Waals surface area (Å²) in [6, 6.07) is 14.5. The number of aromatic nitrogens is 3. The van der Waals surface area contributed by atoms with Gasteiger partial charge in [0, 0.05) is 43.8 Å². The third kappa shape index (κ3) is 3.37. The van der Waals surface area contributed by atoms with E-state index in [1.54, 1.807) is 6.20 Å². The predicted octanol–water partition coefficient (Wildman–Crippen LogP) is 2.77. The highest BCUT2D eigenvalue weighted by molar-refractivity contribution is 5.60. The van der Waals surface area contributed by atoms with Crippen LogP contribution in [0, 0.1) is 0 Å². The Hall–Kier alpha value is -2.50. The molecule has 1 aliphatic rings. The molecule has 3 heterocycles. The van der Waals surface area contributed by atoms with E-state index in [1.165, 1.54) is 5.56 Å². The van der Waals surface area contributed by atoms with Gasteiger partial charge in [0.15, 0.2) is 0 Å². The molecule has 0 radical (unpaired) electrons. The molecule has 0 aliphatic carbocycles. The second-order valence-electron chi connectivity index (χ2n) is 5.94. The molecule has 4 rings (SSSR count). The molecule has 0 bridgehead atoms. The Kier molecular flexibility index (Phi) is 4.36.